The Kier molecular flexibility index (Phi) is 4.15. The molecule has 3 N–H and O–H groups in total. The van der Waals surface area contributed by atoms with E-state index in [0.717, 1.165) is 3.57 Å². The highest BCUT2D eigenvalue weighted by Gasteiger charge is 2.11. The van der Waals surface area contributed by atoms with Gasteiger partial charge in [0, 0.05) is 18.3 Å². The van der Waals surface area contributed by atoms with Gasteiger partial charge in [-0.15, -0.1) is 0 Å². The fraction of sp³-hybridized carbons (Fsp3) is 0.0833. The lowest BCUT2D eigenvalue weighted by atomic mass is 10.2. The van der Waals surface area contributed by atoms with Crippen molar-refractivity contribution in [3.8, 4) is 0 Å². The minimum Gasteiger partial charge on any atom is -0.326 e. The quantitative estimate of drug-likeness (QED) is 0.725. The Morgan fingerprint density at radius 2 is 1.74 bits per heavy atom. The van der Waals surface area contributed by atoms with Gasteiger partial charge in [0.1, 0.15) is 5.69 Å². The molecule has 1 aromatic heterocycles. The van der Waals surface area contributed by atoms with Crippen molar-refractivity contribution in [2.75, 3.05) is 10.6 Å². The topological polar surface area (TPSA) is 86.9 Å². The summed E-state index contributed by atoms with van der Waals surface area (Å²) in [6.07, 6.45) is 1.58. The number of carbonyl (C=O) groups excluding carboxylic acids is 2. The van der Waals surface area contributed by atoms with Gasteiger partial charge < -0.3 is 10.6 Å². The summed E-state index contributed by atoms with van der Waals surface area (Å²) in [5.41, 5.74) is 1.75. The Labute approximate surface area is 123 Å². The van der Waals surface area contributed by atoms with Gasteiger partial charge in [-0.05, 0) is 46.9 Å². The van der Waals surface area contributed by atoms with Crippen LogP contribution in [0.15, 0.2) is 30.5 Å². The molecule has 2 amide bonds. The van der Waals surface area contributed by atoms with Crippen molar-refractivity contribution in [1.82, 2.24) is 10.2 Å². The van der Waals surface area contributed by atoms with Gasteiger partial charge in [-0.1, -0.05) is 0 Å². The van der Waals surface area contributed by atoms with Crippen LogP contribution in [0.2, 0.25) is 0 Å². The van der Waals surface area contributed by atoms with Crippen molar-refractivity contribution in [3.05, 3.63) is 39.7 Å². The van der Waals surface area contributed by atoms with Crippen LogP contribution in [0.4, 0.5) is 11.4 Å². The molecule has 1 aromatic carbocycles. The summed E-state index contributed by atoms with van der Waals surface area (Å²) >= 11 is 2.03. The van der Waals surface area contributed by atoms with Crippen LogP contribution in [0.25, 0.3) is 0 Å². The molecule has 19 heavy (non-hydrogen) atoms. The zero-order valence-corrected chi connectivity index (χ0v) is 12.2. The maximum Gasteiger partial charge on any atom is 0.274 e. The zero-order valence-electron chi connectivity index (χ0n) is 10.0. The van der Waals surface area contributed by atoms with Crippen molar-refractivity contribution >= 4 is 45.8 Å². The predicted molar refractivity (Wildman–Crippen MR) is 80.0 cm³/mol. The summed E-state index contributed by atoms with van der Waals surface area (Å²) in [5.74, 6) is -0.391. The Morgan fingerprint density at radius 1 is 1.16 bits per heavy atom. The van der Waals surface area contributed by atoms with Crippen molar-refractivity contribution in [3.63, 3.8) is 0 Å². The van der Waals surface area contributed by atoms with Gasteiger partial charge >= 0.3 is 0 Å². The highest BCUT2D eigenvalue weighted by Crippen LogP contribution is 2.15. The van der Waals surface area contributed by atoms with Crippen molar-refractivity contribution in [2.45, 2.75) is 6.92 Å². The number of halogens is 1. The number of nitrogens with zero attached hydrogens (tertiary/aromatic N) is 1. The normalized spacial score (nSPS) is 10.0. The maximum absolute atomic E-state index is 11.9. The van der Waals surface area contributed by atoms with Crippen LogP contribution in [-0.4, -0.2) is 22.0 Å². The number of aromatic amines is 1. The van der Waals surface area contributed by atoms with Crippen LogP contribution in [-0.2, 0) is 4.79 Å². The van der Waals surface area contributed by atoms with E-state index in [1.54, 1.807) is 30.5 Å². The second kappa shape index (κ2) is 5.83. The minimum absolute atomic E-state index is 0.135. The number of anilines is 2. The number of amides is 2. The summed E-state index contributed by atoms with van der Waals surface area (Å²) < 4.78 is 0.755. The Morgan fingerprint density at radius 3 is 2.21 bits per heavy atom. The van der Waals surface area contributed by atoms with Crippen molar-refractivity contribution in [2.24, 2.45) is 0 Å². The van der Waals surface area contributed by atoms with Crippen LogP contribution < -0.4 is 10.6 Å². The van der Waals surface area contributed by atoms with Gasteiger partial charge in [0.2, 0.25) is 5.91 Å². The Hall–Kier alpha value is -1.90. The molecule has 0 saturated heterocycles. The molecule has 1 heterocycles. The first-order valence-corrected chi connectivity index (χ1v) is 6.52. The molecule has 6 nitrogen and oxygen atoms in total. The molecule has 2 rings (SSSR count). The van der Waals surface area contributed by atoms with Crippen LogP contribution in [0, 0.1) is 3.57 Å². The summed E-state index contributed by atoms with van der Waals surface area (Å²) in [5, 5.41) is 11.8. The number of nitrogens with one attached hydrogen (secondary N) is 3. The van der Waals surface area contributed by atoms with Crippen molar-refractivity contribution in [1.29, 1.82) is 0 Å². The van der Waals surface area contributed by atoms with E-state index in [9.17, 15) is 9.59 Å². The lowest BCUT2D eigenvalue weighted by Crippen LogP contribution is -2.13. The second-order valence-corrected chi connectivity index (χ2v) is 4.97. The van der Waals surface area contributed by atoms with Crippen molar-refractivity contribution < 1.29 is 9.59 Å². The molecule has 0 saturated carbocycles. The molecule has 0 atom stereocenters. The number of benzene rings is 1. The highest BCUT2D eigenvalue weighted by atomic mass is 127. The average molecular weight is 370 g/mol. The van der Waals surface area contributed by atoms with E-state index in [1.165, 1.54) is 6.92 Å². The number of hydrogen-bond acceptors (Lipinski definition) is 3. The third kappa shape index (κ3) is 3.53. The summed E-state index contributed by atoms with van der Waals surface area (Å²) in [6, 6.07) is 6.86. The summed E-state index contributed by atoms with van der Waals surface area (Å²) in [4.78, 5) is 22.8. The molecule has 0 aliphatic rings. The summed E-state index contributed by atoms with van der Waals surface area (Å²) in [7, 11) is 0. The third-order valence-corrected chi connectivity index (χ3v) is 3.10. The van der Waals surface area contributed by atoms with E-state index in [1.807, 2.05) is 22.6 Å². The fourth-order valence-corrected chi connectivity index (χ4v) is 1.97. The molecule has 0 unspecified atom stereocenters. The van der Waals surface area contributed by atoms with Gasteiger partial charge in [-0.25, -0.2) is 0 Å². The van der Waals surface area contributed by atoms with E-state index < -0.39 is 0 Å². The largest absolute Gasteiger partial charge is 0.326 e. The van der Waals surface area contributed by atoms with Crippen LogP contribution >= 0.6 is 22.6 Å². The molecule has 98 valence electrons. The molecule has 0 aliphatic heterocycles. The molecule has 0 radical (unpaired) electrons. The van der Waals surface area contributed by atoms with Gasteiger partial charge in [-0.3, -0.25) is 14.7 Å². The van der Waals surface area contributed by atoms with Gasteiger partial charge in [-0.2, -0.15) is 5.10 Å². The minimum atomic E-state index is -0.255. The first-order valence-electron chi connectivity index (χ1n) is 5.44. The van der Waals surface area contributed by atoms with Crippen LogP contribution in [0.3, 0.4) is 0 Å². The molecule has 0 bridgehead atoms. The van der Waals surface area contributed by atoms with E-state index in [0.29, 0.717) is 17.1 Å². The molecule has 0 fully saturated rings. The first-order chi connectivity index (χ1) is 9.06. The van der Waals surface area contributed by atoms with Gasteiger partial charge in [0.15, 0.2) is 0 Å². The second-order valence-electron chi connectivity index (χ2n) is 3.81. The number of hydrogen-bond donors (Lipinski definition) is 3. The maximum atomic E-state index is 11.9. The first kappa shape index (κ1) is 13.5. The molecule has 0 spiro atoms. The lowest BCUT2D eigenvalue weighted by Gasteiger charge is -2.06. The predicted octanol–water partition coefficient (Wildman–Crippen LogP) is 2.22. The van der Waals surface area contributed by atoms with Gasteiger partial charge in [0.05, 0.1) is 9.77 Å². The SMILES string of the molecule is CC(=O)Nc1ccc(NC(=O)c2[nH]ncc2I)cc1. The number of aromatic nitrogens is 2. The smallest absolute Gasteiger partial charge is 0.274 e. The number of rotatable bonds is 3. The molecular formula is C12H11IN4O2. The van der Waals surface area contributed by atoms with Gasteiger partial charge in [0.25, 0.3) is 5.91 Å². The molecular weight excluding hydrogens is 359 g/mol. The lowest BCUT2D eigenvalue weighted by molar-refractivity contribution is -0.114. The van der Waals surface area contributed by atoms with Crippen LogP contribution in [0.1, 0.15) is 17.4 Å². The zero-order chi connectivity index (χ0) is 13.8. The van der Waals surface area contributed by atoms with Crippen LogP contribution in [0.5, 0.6) is 0 Å². The molecule has 2 aromatic rings. The number of H-pyrrole nitrogens is 1. The van der Waals surface area contributed by atoms with E-state index in [4.69, 9.17) is 0 Å². The monoisotopic (exact) mass is 370 g/mol. The standard InChI is InChI=1S/C12H11IN4O2/c1-7(18)15-8-2-4-9(5-3-8)16-12(19)11-10(13)6-14-17-11/h2-6H,1H3,(H,14,17)(H,15,18)(H,16,19). The Balaban J connectivity index is 2.06. The van der Waals surface area contributed by atoms with E-state index in [-0.39, 0.29) is 11.8 Å². The third-order valence-electron chi connectivity index (χ3n) is 2.28. The highest BCUT2D eigenvalue weighted by molar-refractivity contribution is 14.1. The summed E-state index contributed by atoms with van der Waals surface area (Å²) in [6.45, 7) is 1.44. The number of carbonyl (C=O) groups is 2. The Bertz CT molecular complexity index is 606. The molecule has 7 heteroatoms. The van der Waals surface area contributed by atoms with E-state index >= 15 is 0 Å². The van der Waals surface area contributed by atoms with E-state index in [2.05, 4.69) is 20.8 Å². The fourth-order valence-electron chi connectivity index (χ4n) is 1.46. The average Bonchev–Trinajstić information content (AvgIpc) is 2.77. The molecule has 0 aliphatic carbocycles.